The van der Waals surface area contributed by atoms with Crippen molar-refractivity contribution in [2.45, 2.75) is 25.3 Å². The third kappa shape index (κ3) is 2.18. The summed E-state index contributed by atoms with van der Waals surface area (Å²) in [4.78, 5) is 21.7. The minimum Gasteiger partial charge on any atom is -0.480 e. The summed E-state index contributed by atoms with van der Waals surface area (Å²) >= 11 is 0. The predicted octanol–water partition coefficient (Wildman–Crippen LogP) is -0.244. The number of carbonyl (C=O) groups excluding carboxylic acids is 1. The number of carboxylic acid groups (broad SMARTS) is 1. The van der Waals surface area contributed by atoms with Crippen molar-refractivity contribution >= 4 is 11.9 Å². The average molecular weight is 187 g/mol. The van der Waals surface area contributed by atoms with Crippen molar-refractivity contribution in [2.75, 3.05) is 13.2 Å². The maximum Gasteiger partial charge on any atom is 0.329 e. The normalized spacial score (nSPS) is 20.7. The third-order valence-electron chi connectivity index (χ3n) is 2.17. The van der Waals surface area contributed by atoms with Crippen molar-refractivity contribution in [1.29, 1.82) is 0 Å². The van der Waals surface area contributed by atoms with Gasteiger partial charge in [0.05, 0.1) is 0 Å². The first kappa shape index (κ1) is 9.98. The summed E-state index contributed by atoms with van der Waals surface area (Å²) in [6.07, 6.45) is 0.670. The van der Waals surface area contributed by atoms with Crippen LogP contribution in [0.1, 0.15) is 19.8 Å². The molecule has 2 N–H and O–H groups in total. The summed E-state index contributed by atoms with van der Waals surface area (Å²) in [7, 11) is 0. The molecule has 0 aliphatic carbocycles. The van der Waals surface area contributed by atoms with Gasteiger partial charge in [-0.25, -0.2) is 4.79 Å². The SMILES string of the molecule is CC(=O)NC1(C(=O)O)CCOCC1. The minimum absolute atomic E-state index is 0.315. The van der Waals surface area contributed by atoms with E-state index in [0.717, 1.165) is 0 Å². The van der Waals surface area contributed by atoms with Gasteiger partial charge in [0.25, 0.3) is 0 Å². The largest absolute Gasteiger partial charge is 0.480 e. The second-order valence-corrected chi connectivity index (χ2v) is 3.18. The Morgan fingerprint density at radius 1 is 1.38 bits per heavy atom. The Kier molecular flexibility index (Phi) is 2.87. The first-order valence-electron chi connectivity index (χ1n) is 4.17. The number of carboxylic acids is 1. The molecule has 5 heteroatoms. The molecule has 74 valence electrons. The zero-order chi connectivity index (χ0) is 9.90. The van der Waals surface area contributed by atoms with Crippen molar-refractivity contribution in [1.82, 2.24) is 5.32 Å². The van der Waals surface area contributed by atoms with Crippen molar-refractivity contribution in [2.24, 2.45) is 0 Å². The van der Waals surface area contributed by atoms with Gasteiger partial charge in [0, 0.05) is 33.0 Å². The van der Waals surface area contributed by atoms with E-state index in [1.54, 1.807) is 0 Å². The summed E-state index contributed by atoms with van der Waals surface area (Å²) in [6, 6.07) is 0. The average Bonchev–Trinajstić information content (AvgIpc) is 2.04. The highest BCUT2D eigenvalue weighted by Gasteiger charge is 2.40. The maximum absolute atomic E-state index is 10.9. The Hall–Kier alpha value is -1.10. The summed E-state index contributed by atoms with van der Waals surface area (Å²) in [5.41, 5.74) is -1.11. The van der Waals surface area contributed by atoms with Crippen molar-refractivity contribution in [3.05, 3.63) is 0 Å². The quantitative estimate of drug-likeness (QED) is 0.625. The van der Waals surface area contributed by atoms with Crippen LogP contribution in [0.25, 0.3) is 0 Å². The second kappa shape index (κ2) is 3.74. The molecule has 0 bridgehead atoms. The zero-order valence-electron chi connectivity index (χ0n) is 7.50. The molecule has 0 unspecified atom stereocenters. The fourth-order valence-electron chi connectivity index (χ4n) is 1.45. The lowest BCUT2D eigenvalue weighted by molar-refractivity contribution is -0.151. The Labute approximate surface area is 76.1 Å². The van der Waals surface area contributed by atoms with E-state index in [1.165, 1.54) is 6.92 Å². The van der Waals surface area contributed by atoms with E-state index < -0.39 is 11.5 Å². The van der Waals surface area contributed by atoms with E-state index in [-0.39, 0.29) is 5.91 Å². The van der Waals surface area contributed by atoms with E-state index in [2.05, 4.69) is 5.32 Å². The molecule has 13 heavy (non-hydrogen) atoms. The highest BCUT2D eigenvalue weighted by atomic mass is 16.5. The number of nitrogens with one attached hydrogen (secondary N) is 1. The Balaban J connectivity index is 2.73. The second-order valence-electron chi connectivity index (χ2n) is 3.18. The van der Waals surface area contributed by atoms with Crippen molar-refractivity contribution in [3.8, 4) is 0 Å². The summed E-state index contributed by atoms with van der Waals surface area (Å²) in [5.74, 6) is -1.30. The highest BCUT2D eigenvalue weighted by Crippen LogP contribution is 2.20. The van der Waals surface area contributed by atoms with Gasteiger partial charge in [0.15, 0.2) is 0 Å². The lowest BCUT2D eigenvalue weighted by atomic mass is 9.90. The monoisotopic (exact) mass is 187 g/mol. The number of ether oxygens (including phenoxy) is 1. The van der Waals surface area contributed by atoms with Crippen LogP contribution in [-0.4, -0.2) is 35.7 Å². The molecule has 0 spiro atoms. The van der Waals surface area contributed by atoms with Crippen LogP contribution in [0.15, 0.2) is 0 Å². The van der Waals surface area contributed by atoms with Gasteiger partial charge in [-0.05, 0) is 0 Å². The molecule has 1 heterocycles. The van der Waals surface area contributed by atoms with Crippen molar-refractivity contribution in [3.63, 3.8) is 0 Å². The molecule has 0 aromatic rings. The molecule has 1 aliphatic heterocycles. The lowest BCUT2D eigenvalue weighted by Crippen LogP contribution is -2.56. The molecule has 1 rings (SSSR count). The van der Waals surface area contributed by atoms with E-state index in [0.29, 0.717) is 26.1 Å². The van der Waals surface area contributed by atoms with Crippen LogP contribution in [0.5, 0.6) is 0 Å². The van der Waals surface area contributed by atoms with Crippen LogP contribution in [-0.2, 0) is 14.3 Å². The standard InChI is InChI=1S/C8H13NO4/c1-6(10)9-8(7(11)12)2-4-13-5-3-8/h2-5H2,1H3,(H,9,10)(H,11,12). The Bertz CT molecular complexity index is 220. The van der Waals surface area contributed by atoms with Crippen LogP contribution >= 0.6 is 0 Å². The molecule has 0 saturated carbocycles. The molecule has 5 nitrogen and oxygen atoms in total. The molecule has 1 aliphatic rings. The first-order valence-corrected chi connectivity index (χ1v) is 4.17. The van der Waals surface area contributed by atoms with Crippen LogP contribution < -0.4 is 5.32 Å². The van der Waals surface area contributed by atoms with E-state index in [9.17, 15) is 9.59 Å². The first-order chi connectivity index (χ1) is 6.07. The highest BCUT2D eigenvalue weighted by molar-refractivity contribution is 5.86. The predicted molar refractivity (Wildman–Crippen MR) is 44.2 cm³/mol. The molecular formula is C8H13NO4. The number of hydrogen-bond donors (Lipinski definition) is 2. The summed E-state index contributed by atoms with van der Waals surface area (Å²) in [5, 5.41) is 11.4. The number of aliphatic carboxylic acids is 1. The zero-order valence-corrected chi connectivity index (χ0v) is 7.50. The Morgan fingerprint density at radius 2 is 1.92 bits per heavy atom. The van der Waals surface area contributed by atoms with E-state index in [1.807, 2.05) is 0 Å². The van der Waals surface area contributed by atoms with E-state index >= 15 is 0 Å². The number of carbonyl (C=O) groups is 2. The molecule has 1 saturated heterocycles. The maximum atomic E-state index is 10.9. The Morgan fingerprint density at radius 3 is 2.31 bits per heavy atom. The van der Waals surface area contributed by atoms with Gasteiger partial charge >= 0.3 is 5.97 Å². The van der Waals surface area contributed by atoms with Crippen LogP contribution in [0, 0.1) is 0 Å². The molecular weight excluding hydrogens is 174 g/mol. The molecule has 0 radical (unpaired) electrons. The third-order valence-corrected chi connectivity index (χ3v) is 2.17. The van der Waals surface area contributed by atoms with Gasteiger partial charge in [-0.1, -0.05) is 0 Å². The number of amides is 1. The van der Waals surface area contributed by atoms with Gasteiger partial charge in [0.2, 0.25) is 5.91 Å². The smallest absolute Gasteiger partial charge is 0.329 e. The minimum atomic E-state index is -1.11. The van der Waals surface area contributed by atoms with Crippen LogP contribution in [0.2, 0.25) is 0 Å². The van der Waals surface area contributed by atoms with Gasteiger partial charge in [0.1, 0.15) is 5.54 Å². The van der Waals surface area contributed by atoms with Crippen LogP contribution in [0.4, 0.5) is 0 Å². The summed E-state index contributed by atoms with van der Waals surface area (Å²) in [6.45, 7) is 2.08. The molecule has 0 atom stereocenters. The van der Waals surface area contributed by atoms with Crippen molar-refractivity contribution < 1.29 is 19.4 Å². The number of rotatable bonds is 2. The topological polar surface area (TPSA) is 75.6 Å². The molecule has 0 aromatic carbocycles. The van der Waals surface area contributed by atoms with E-state index in [4.69, 9.17) is 9.84 Å². The van der Waals surface area contributed by atoms with Crippen LogP contribution in [0.3, 0.4) is 0 Å². The van der Waals surface area contributed by atoms with Gasteiger partial charge < -0.3 is 15.2 Å². The lowest BCUT2D eigenvalue weighted by Gasteiger charge is -2.33. The number of hydrogen-bond acceptors (Lipinski definition) is 3. The molecule has 1 amide bonds. The fourth-order valence-corrected chi connectivity index (χ4v) is 1.45. The molecule has 1 fully saturated rings. The fraction of sp³-hybridized carbons (Fsp3) is 0.750. The van der Waals surface area contributed by atoms with Gasteiger partial charge in [-0.2, -0.15) is 0 Å². The summed E-state index contributed by atoms with van der Waals surface area (Å²) < 4.78 is 5.04. The van der Waals surface area contributed by atoms with Gasteiger partial charge in [-0.3, -0.25) is 4.79 Å². The molecule has 0 aromatic heterocycles. The van der Waals surface area contributed by atoms with Gasteiger partial charge in [-0.15, -0.1) is 0 Å².